The molecule has 1 amide bonds. The zero-order valence-electron chi connectivity index (χ0n) is 18.4. The average Bonchev–Trinajstić information content (AvgIpc) is 3.25. The Bertz CT molecular complexity index is 1320. The molecule has 33 heavy (non-hydrogen) atoms. The minimum atomic E-state index is -0.483. The third kappa shape index (κ3) is 4.19. The van der Waals surface area contributed by atoms with Gasteiger partial charge < -0.3 is 9.64 Å². The number of pyridine rings is 2. The SMILES string of the molecule is CC(C)c1cnn2ccc(-c3nc(Cc4ccc(N5CCOCC5=O)cn4)ncc3F)cc12. The fourth-order valence-corrected chi connectivity index (χ4v) is 3.92. The van der Waals surface area contributed by atoms with Crippen LogP contribution in [-0.2, 0) is 16.0 Å². The van der Waals surface area contributed by atoms with Crippen LogP contribution in [0.3, 0.4) is 0 Å². The molecule has 0 bridgehead atoms. The minimum absolute atomic E-state index is 0.0810. The van der Waals surface area contributed by atoms with Gasteiger partial charge >= 0.3 is 0 Å². The number of amides is 1. The first-order chi connectivity index (χ1) is 16.0. The van der Waals surface area contributed by atoms with Crippen LogP contribution in [0.15, 0.2) is 49.1 Å². The minimum Gasteiger partial charge on any atom is -0.370 e. The van der Waals surface area contributed by atoms with Crippen molar-refractivity contribution < 1.29 is 13.9 Å². The maximum Gasteiger partial charge on any atom is 0.253 e. The molecule has 1 saturated heterocycles. The van der Waals surface area contributed by atoms with Gasteiger partial charge in [-0.15, -0.1) is 0 Å². The summed E-state index contributed by atoms with van der Waals surface area (Å²) >= 11 is 0. The highest BCUT2D eigenvalue weighted by Crippen LogP contribution is 2.26. The summed E-state index contributed by atoms with van der Waals surface area (Å²) in [6.45, 7) is 5.28. The lowest BCUT2D eigenvalue weighted by Gasteiger charge is -2.26. The lowest BCUT2D eigenvalue weighted by atomic mass is 10.0. The number of carbonyl (C=O) groups is 1. The lowest BCUT2D eigenvalue weighted by Crippen LogP contribution is -2.41. The molecular formula is C24H23FN6O2. The van der Waals surface area contributed by atoms with Crippen LogP contribution >= 0.6 is 0 Å². The van der Waals surface area contributed by atoms with Gasteiger partial charge in [-0.3, -0.25) is 9.78 Å². The van der Waals surface area contributed by atoms with E-state index in [2.05, 4.69) is 33.9 Å². The predicted octanol–water partition coefficient (Wildman–Crippen LogP) is 3.40. The molecule has 168 valence electrons. The van der Waals surface area contributed by atoms with Crippen LogP contribution < -0.4 is 4.90 Å². The van der Waals surface area contributed by atoms with Crippen molar-refractivity contribution >= 4 is 17.1 Å². The molecule has 5 rings (SSSR count). The molecule has 0 aliphatic carbocycles. The van der Waals surface area contributed by atoms with Crippen molar-refractivity contribution in [1.82, 2.24) is 24.6 Å². The highest BCUT2D eigenvalue weighted by Gasteiger charge is 2.20. The van der Waals surface area contributed by atoms with Gasteiger partial charge in [-0.1, -0.05) is 13.8 Å². The number of ether oxygens (including phenoxy) is 1. The van der Waals surface area contributed by atoms with Gasteiger partial charge in [0.25, 0.3) is 5.91 Å². The Kier molecular flexibility index (Phi) is 5.55. The molecule has 8 nitrogen and oxygen atoms in total. The number of fused-ring (bicyclic) bond motifs is 1. The quantitative estimate of drug-likeness (QED) is 0.467. The molecule has 4 aromatic rings. The van der Waals surface area contributed by atoms with Crippen molar-refractivity contribution in [2.45, 2.75) is 26.2 Å². The van der Waals surface area contributed by atoms with Crippen LogP contribution in [0, 0.1) is 5.82 Å². The predicted molar refractivity (Wildman–Crippen MR) is 120 cm³/mol. The average molecular weight is 446 g/mol. The number of morpholine rings is 1. The highest BCUT2D eigenvalue weighted by molar-refractivity contribution is 5.94. The Labute approximate surface area is 190 Å². The number of halogens is 1. The first kappa shape index (κ1) is 21.1. The summed E-state index contributed by atoms with van der Waals surface area (Å²) in [5.74, 6) is 0.192. The van der Waals surface area contributed by atoms with Gasteiger partial charge in [0, 0.05) is 29.6 Å². The number of hydrogen-bond acceptors (Lipinski definition) is 6. The van der Waals surface area contributed by atoms with E-state index in [0.717, 1.165) is 22.5 Å². The zero-order chi connectivity index (χ0) is 22.9. The van der Waals surface area contributed by atoms with Crippen molar-refractivity contribution in [3.8, 4) is 11.3 Å². The molecular weight excluding hydrogens is 423 g/mol. The van der Waals surface area contributed by atoms with E-state index in [1.165, 1.54) is 6.20 Å². The number of carbonyl (C=O) groups excluding carboxylic acids is 1. The summed E-state index contributed by atoms with van der Waals surface area (Å²) in [6, 6.07) is 7.38. The smallest absolute Gasteiger partial charge is 0.253 e. The first-order valence-corrected chi connectivity index (χ1v) is 10.8. The fourth-order valence-electron chi connectivity index (χ4n) is 3.92. The van der Waals surface area contributed by atoms with E-state index in [-0.39, 0.29) is 18.2 Å². The Morgan fingerprint density at radius 3 is 2.79 bits per heavy atom. The lowest BCUT2D eigenvalue weighted by molar-refractivity contribution is -0.125. The highest BCUT2D eigenvalue weighted by atomic mass is 19.1. The van der Waals surface area contributed by atoms with E-state index < -0.39 is 5.82 Å². The van der Waals surface area contributed by atoms with Gasteiger partial charge in [-0.25, -0.2) is 18.9 Å². The maximum absolute atomic E-state index is 14.7. The molecule has 9 heteroatoms. The van der Waals surface area contributed by atoms with E-state index >= 15 is 0 Å². The van der Waals surface area contributed by atoms with Crippen molar-refractivity contribution in [3.63, 3.8) is 0 Å². The first-order valence-electron chi connectivity index (χ1n) is 10.8. The van der Waals surface area contributed by atoms with E-state index in [1.807, 2.05) is 30.6 Å². The number of aromatic nitrogens is 5. The molecule has 1 aliphatic heterocycles. The monoisotopic (exact) mass is 446 g/mol. The van der Waals surface area contributed by atoms with Gasteiger partial charge in [0.2, 0.25) is 0 Å². The van der Waals surface area contributed by atoms with Gasteiger partial charge in [0.1, 0.15) is 18.1 Å². The van der Waals surface area contributed by atoms with Crippen molar-refractivity contribution in [2.24, 2.45) is 0 Å². The molecule has 5 heterocycles. The van der Waals surface area contributed by atoms with Crippen molar-refractivity contribution in [2.75, 3.05) is 24.7 Å². The summed E-state index contributed by atoms with van der Waals surface area (Å²) in [5, 5.41) is 4.37. The van der Waals surface area contributed by atoms with Crippen LogP contribution in [0.4, 0.5) is 10.1 Å². The molecule has 0 radical (unpaired) electrons. The number of anilines is 1. The van der Waals surface area contributed by atoms with Gasteiger partial charge in [-0.05, 0) is 30.2 Å². The van der Waals surface area contributed by atoms with Crippen molar-refractivity contribution in [3.05, 3.63) is 72.0 Å². The summed E-state index contributed by atoms with van der Waals surface area (Å²) in [7, 11) is 0. The number of hydrogen-bond donors (Lipinski definition) is 0. The van der Waals surface area contributed by atoms with Crippen LogP contribution in [0.25, 0.3) is 16.8 Å². The fraction of sp³-hybridized carbons (Fsp3) is 0.292. The van der Waals surface area contributed by atoms with E-state index in [4.69, 9.17) is 4.74 Å². The molecule has 0 atom stereocenters. The second kappa shape index (κ2) is 8.67. The van der Waals surface area contributed by atoms with Crippen LogP contribution in [0.5, 0.6) is 0 Å². The molecule has 0 N–H and O–H groups in total. The second-order valence-corrected chi connectivity index (χ2v) is 8.27. The Hall–Kier alpha value is -3.72. The molecule has 1 fully saturated rings. The third-order valence-corrected chi connectivity index (χ3v) is 5.69. The summed E-state index contributed by atoms with van der Waals surface area (Å²) in [6.07, 6.45) is 6.85. The largest absolute Gasteiger partial charge is 0.370 e. The topological polar surface area (TPSA) is 85.5 Å². The Morgan fingerprint density at radius 2 is 2.03 bits per heavy atom. The zero-order valence-corrected chi connectivity index (χ0v) is 18.4. The number of nitrogens with zero attached hydrogens (tertiary/aromatic N) is 6. The van der Waals surface area contributed by atoms with Crippen LogP contribution in [0.1, 0.15) is 36.8 Å². The Morgan fingerprint density at radius 1 is 1.15 bits per heavy atom. The molecule has 0 unspecified atom stereocenters. The second-order valence-electron chi connectivity index (χ2n) is 8.27. The van der Waals surface area contributed by atoms with Gasteiger partial charge in [0.05, 0.1) is 42.8 Å². The van der Waals surface area contributed by atoms with Crippen molar-refractivity contribution in [1.29, 1.82) is 0 Å². The molecule has 1 aliphatic rings. The van der Waals surface area contributed by atoms with Gasteiger partial charge in [0.15, 0.2) is 5.82 Å². The van der Waals surface area contributed by atoms with Crippen LogP contribution in [-0.4, -0.2) is 50.2 Å². The normalized spacial score (nSPS) is 14.4. The van der Waals surface area contributed by atoms with E-state index in [0.29, 0.717) is 36.9 Å². The summed E-state index contributed by atoms with van der Waals surface area (Å²) in [5.41, 5.74) is 4.38. The standard InChI is InChI=1S/C24H23FN6O2/c1-15(2)19-12-28-31-6-5-16(9-21(19)31)24-20(25)13-27-22(29-24)10-17-3-4-18(11-26-17)30-7-8-33-14-23(30)32/h3-6,9,11-13,15H,7-8,10,14H2,1-2H3. The van der Waals surface area contributed by atoms with E-state index in [1.54, 1.807) is 21.7 Å². The van der Waals surface area contributed by atoms with E-state index in [9.17, 15) is 9.18 Å². The Balaban J connectivity index is 1.41. The molecule has 0 aromatic carbocycles. The summed E-state index contributed by atoms with van der Waals surface area (Å²) in [4.78, 5) is 26.8. The molecule has 4 aromatic heterocycles. The maximum atomic E-state index is 14.7. The molecule has 0 saturated carbocycles. The summed E-state index contributed by atoms with van der Waals surface area (Å²) < 4.78 is 21.6. The van der Waals surface area contributed by atoms with Gasteiger partial charge in [-0.2, -0.15) is 5.10 Å². The molecule has 0 spiro atoms. The number of rotatable bonds is 5. The third-order valence-electron chi connectivity index (χ3n) is 5.69. The van der Waals surface area contributed by atoms with Crippen LogP contribution in [0.2, 0.25) is 0 Å².